The van der Waals surface area contributed by atoms with Crippen molar-refractivity contribution >= 4 is 28.8 Å². The van der Waals surface area contributed by atoms with E-state index in [9.17, 15) is 4.79 Å². The van der Waals surface area contributed by atoms with Gasteiger partial charge in [0.25, 0.3) is 0 Å². The third-order valence-corrected chi connectivity index (χ3v) is 2.96. The van der Waals surface area contributed by atoms with Gasteiger partial charge in [0, 0.05) is 37.9 Å². The fourth-order valence-corrected chi connectivity index (χ4v) is 1.88. The van der Waals surface area contributed by atoms with Crippen molar-refractivity contribution in [3.05, 3.63) is 29.3 Å². The Kier molecular flexibility index (Phi) is 6.97. The first-order valence-corrected chi connectivity index (χ1v) is 6.85. The van der Waals surface area contributed by atoms with Crippen molar-refractivity contribution < 1.29 is 9.53 Å². The molecule has 0 saturated carbocycles. The summed E-state index contributed by atoms with van der Waals surface area (Å²) in [5.74, 6) is -0.0152. The molecule has 0 saturated heterocycles. The van der Waals surface area contributed by atoms with Crippen molar-refractivity contribution in [1.29, 1.82) is 0 Å². The molecule has 0 bridgehead atoms. The Balaban J connectivity index is 2.46. The van der Waals surface area contributed by atoms with E-state index in [0.717, 1.165) is 16.8 Å². The minimum atomic E-state index is -0.0152. The SMILES string of the molecule is COCCNC(=O)CCNc1ccc(C)cc1C(N)=S. The van der Waals surface area contributed by atoms with Gasteiger partial charge in [0.05, 0.1) is 6.61 Å². The van der Waals surface area contributed by atoms with E-state index >= 15 is 0 Å². The number of nitrogens with two attached hydrogens (primary N) is 1. The molecule has 1 rings (SSSR count). The molecule has 1 aromatic rings. The Hall–Kier alpha value is -1.66. The average molecular weight is 295 g/mol. The number of anilines is 1. The van der Waals surface area contributed by atoms with E-state index in [1.165, 1.54) is 0 Å². The van der Waals surface area contributed by atoms with Crippen LogP contribution in [-0.4, -0.2) is 37.7 Å². The number of thiocarbonyl (C=S) groups is 1. The van der Waals surface area contributed by atoms with E-state index in [1.54, 1.807) is 7.11 Å². The lowest BCUT2D eigenvalue weighted by Gasteiger charge is -2.12. The Bertz CT molecular complexity index is 477. The number of aryl methyl sites for hydroxylation is 1. The first-order chi connectivity index (χ1) is 9.54. The fourth-order valence-electron chi connectivity index (χ4n) is 1.71. The second-order valence-corrected chi connectivity index (χ2v) is 4.87. The molecular formula is C14H21N3O2S. The zero-order valence-corrected chi connectivity index (χ0v) is 12.7. The minimum Gasteiger partial charge on any atom is -0.389 e. The van der Waals surface area contributed by atoms with Gasteiger partial charge in [-0.15, -0.1) is 0 Å². The van der Waals surface area contributed by atoms with E-state index in [1.807, 2.05) is 25.1 Å². The lowest BCUT2D eigenvalue weighted by Crippen LogP contribution is -2.28. The normalized spacial score (nSPS) is 10.1. The zero-order chi connectivity index (χ0) is 15.0. The van der Waals surface area contributed by atoms with Crippen LogP contribution in [0.3, 0.4) is 0 Å². The Labute approximate surface area is 124 Å². The molecular weight excluding hydrogens is 274 g/mol. The fraction of sp³-hybridized carbons (Fsp3) is 0.429. The van der Waals surface area contributed by atoms with Gasteiger partial charge in [0.2, 0.25) is 5.91 Å². The lowest BCUT2D eigenvalue weighted by molar-refractivity contribution is -0.121. The molecule has 1 aromatic carbocycles. The van der Waals surface area contributed by atoms with Crippen LogP contribution in [-0.2, 0) is 9.53 Å². The topological polar surface area (TPSA) is 76.4 Å². The molecule has 0 aliphatic rings. The van der Waals surface area contributed by atoms with Crippen molar-refractivity contribution in [2.45, 2.75) is 13.3 Å². The number of amides is 1. The van der Waals surface area contributed by atoms with Gasteiger partial charge < -0.3 is 21.1 Å². The van der Waals surface area contributed by atoms with Crippen LogP contribution >= 0.6 is 12.2 Å². The van der Waals surface area contributed by atoms with Crippen LogP contribution in [0.25, 0.3) is 0 Å². The van der Waals surface area contributed by atoms with Crippen LogP contribution in [0.4, 0.5) is 5.69 Å². The van der Waals surface area contributed by atoms with Crippen molar-refractivity contribution in [1.82, 2.24) is 5.32 Å². The lowest BCUT2D eigenvalue weighted by atomic mass is 10.1. The number of benzene rings is 1. The Morgan fingerprint density at radius 1 is 1.40 bits per heavy atom. The number of hydrogen-bond donors (Lipinski definition) is 3. The molecule has 5 nitrogen and oxygen atoms in total. The number of ether oxygens (including phenoxy) is 1. The predicted octanol–water partition coefficient (Wildman–Crippen LogP) is 1.19. The minimum absolute atomic E-state index is 0.0152. The predicted molar refractivity (Wildman–Crippen MR) is 85.1 cm³/mol. The number of carbonyl (C=O) groups is 1. The molecule has 0 spiro atoms. The molecule has 0 aliphatic heterocycles. The highest BCUT2D eigenvalue weighted by Gasteiger charge is 2.06. The molecule has 0 atom stereocenters. The van der Waals surface area contributed by atoms with E-state index in [0.29, 0.717) is 31.1 Å². The van der Waals surface area contributed by atoms with Crippen LogP contribution in [0.1, 0.15) is 17.5 Å². The maximum absolute atomic E-state index is 11.5. The highest BCUT2D eigenvalue weighted by molar-refractivity contribution is 7.80. The van der Waals surface area contributed by atoms with Gasteiger partial charge in [-0.1, -0.05) is 23.8 Å². The van der Waals surface area contributed by atoms with E-state index in [2.05, 4.69) is 10.6 Å². The third kappa shape index (κ3) is 5.54. The molecule has 0 aliphatic carbocycles. The highest BCUT2D eigenvalue weighted by Crippen LogP contribution is 2.17. The summed E-state index contributed by atoms with van der Waals surface area (Å²) in [6.45, 7) is 3.55. The maximum Gasteiger partial charge on any atom is 0.221 e. The van der Waals surface area contributed by atoms with Gasteiger partial charge in [0.1, 0.15) is 4.99 Å². The summed E-state index contributed by atoms with van der Waals surface area (Å²) in [6, 6.07) is 5.83. The second-order valence-electron chi connectivity index (χ2n) is 4.43. The summed E-state index contributed by atoms with van der Waals surface area (Å²) >= 11 is 5.03. The standard InChI is InChI=1S/C14H21N3O2S/c1-10-3-4-12(11(9-10)14(15)20)16-6-5-13(18)17-7-8-19-2/h3-4,9,16H,5-8H2,1-2H3,(H2,15,20)(H,17,18). The molecule has 0 fully saturated rings. The van der Waals surface area contributed by atoms with Crippen molar-refractivity contribution in [3.63, 3.8) is 0 Å². The van der Waals surface area contributed by atoms with Gasteiger partial charge in [-0.05, 0) is 19.1 Å². The Morgan fingerprint density at radius 3 is 2.80 bits per heavy atom. The molecule has 0 heterocycles. The van der Waals surface area contributed by atoms with Crippen LogP contribution in [0.15, 0.2) is 18.2 Å². The van der Waals surface area contributed by atoms with Crippen molar-refractivity contribution in [3.8, 4) is 0 Å². The van der Waals surface area contributed by atoms with Gasteiger partial charge >= 0.3 is 0 Å². The summed E-state index contributed by atoms with van der Waals surface area (Å²) in [5, 5.41) is 5.95. The number of nitrogens with one attached hydrogen (secondary N) is 2. The van der Waals surface area contributed by atoms with Gasteiger partial charge in [-0.25, -0.2) is 0 Å². The molecule has 20 heavy (non-hydrogen) atoms. The first kappa shape index (κ1) is 16.4. The largest absolute Gasteiger partial charge is 0.389 e. The average Bonchev–Trinajstić information content (AvgIpc) is 2.40. The highest BCUT2D eigenvalue weighted by atomic mass is 32.1. The van der Waals surface area contributed by atoms with Crippen LogP contribution in [0.5, 0.6) is 0 Å². The maximum atomic E-state index is 11.5. The van der Waals surface area contributed by atoms with Crippen LogP contribution < -0.4 is 16.4 Å². The third-order valence-electron chi connectivity index (χ3n) is 2.74. The van der Waals surface area contributed by atoms with E-state index < -0.39 is 0 Å². The smallest absolute Gasteiger partial charge is 0.221 e. The zero-order valence-electron chi connectivity index (χ0n) is 11.9. The van der Waals surface area contributed by atoms with E-state index in [-0.39, 0.29) is 5.91 Å². The molecule has 1 amide bonds. The number of methoxy groups -OCH3 is 1. The van der Waals surface area contributed by atoms with E-state index in [4.69, 9.17) is 22.7 Å². The molecule has 4 N–H and O–H groups in total. The summed E-state index contributed by atoms with van der Waals surface area (Å²) in [6.07, 6.45) is 0.383. The second kappa shape index (κ2) is 8.50. The van der Waals surface area contributed by atoms with Crippen LogP contribution in [0, 0.1) is 6.92 Å². The van der Waals surface area contributed by atoms with Gasteiger partial charge in [-0.2, -0.15) is 0 Å². The molecule has 6 heteroatoms. The molecule has 0 aromatic heterocycles. The number of carbonyl (C=O) groups excluding carboxylic acids is 1. The number of hydrogen-bond acceptors (Lipinski definition) is 4. The summed E-state index contributed by atoms with van der Waals surface area (Å²) < 4.78 is 4.86. The molecule has 110 valence electrons. The van der Waals surface area contributed by atoms with Crippen molar-refractivity contribution in [2.24, 2.45) is 5.73 Å². The summed E-state index contributed by atoms with van der Waals surface area (Å²) in [4.78, 5) is 11.9. The quantitative estimate of drug-likeness (QED) is 0.496. The summed E-state index contributed by atoms with van der Waals surface area (Å²) in [7, 11) is 1.60. The number of rotatable bonds is 8. The molecule has 0 radical (unpaired) electrons. The van der Waals surface area contributed by atoms with Crippen molar-refractivity contribution in [2.75, 3.05) is 32.1 Å². The monoisotopic (exact) mass is 295 g/mol. The van der Waals surface area contributed by atoms with Gasteiger partial charge in [-0.3, -0.25) is 4.79 Å². The first-order valence-electron chi connectivity index (χ1n) is 6.44. The summed E-state index contributed by atoms with van der Waals surface area (Å²) in [5.41, 5.74) is 8.45. The van der Waals surface area contributed by atoms with Gasteiger partial charge in [0.15, 0.2) is 0 Å². The van der Waals surface area contributed by atoms with Crippen LogP contribution in [0.2, 0.25) is 0 Å². The Morgan fingerprint density at radius 2 is 2.15 bits per heavy atom. The molecule has 0 unspecified atom stereocenters.